The zero-order valence-electron chi connectivity index (χ0n) is 9.87. The molecule has 1 heterocycles. The third-order valence-electron chi connectivity index (χ3n) is 2.66. The van der Waals surface area contributed by atoms with Gasteiger partial charge in [-0.2, -0.15) is 0 Å². The SMILES string of the molecule is CC(=O)c1ccc2c(CN(C)C)c[nH]c2c1. The van der Waals surface area contributed by atoms with Crippen LogP contribution in [0.15, 0.2) is 24.4 Å². The van der Waals surface area contributed by atoms with Gasteiger partial charge in [0.15, 0.2) is 5.78 Å². The first-order valence-electron chi connectivity index (χ1n) is 5.33. The lowest BCUT2D eigenvalue weighted by Crippen LogP contribution is -2.10. The average molecular weight is 216 g/mol. The molecule has 16 heavy (non-hydrogen) atoms. The normalized spacial score (nSPS) is 11.2. The number of nitrogens with one attached hydrogen (secondary N) is 1. The number of H-pyrrole nitrogens is 1. The predicted molar refractivity (Wildman–Crippen MR) is 65.7 cm³/mol. The number of carbonyl (C=O) groups is 1. The molecule has 0 bridgehead atoms. The van der Waals surface area contributed by atoms with Crippen LogP contribution in [0.5, 0.6) is 0 Å². The predicted octanol–water partition coefficient (Wildman–Crippen LogP) is 2.43. The molecule has 84 valence electrons. The van der Waals surface area contributed by atoms with Crippen molar-refractivity contribution in [3.8, 4) is 0 Å². The number of hydrogen-bond acceptors (Lipinski definition) is 2. The van der Waals surface area contributed by atoms with Gasteiger partial charge in [0.1, 0.15) is 0 Å². The highest BCUT2D eigenvalue weighted by molar-refractivity contribution is 5.98. The average Bonchev–Trinajstić information content (AvgIpc) is 2.60. The molecule has 0 fully saturated rings. The standard InChI is InChI=1S/C13H16N2O/c1-9(16)10-4-5-12-11(8-15(2)3)7-14-13(12)6-10/h4-7,14H,8H2,1-3H3. The summed E-state index contributed by atoms with van der Waals surface area (Å²) in [4.78, 5) is 16.6. The Morgan fingerprint density at radius 2 is 2.12 bits per heavy atom. The molecule has 0 aliphatic rings. The van der Waals surface area contributed by atoms with E-state index in [2.05, 4.69) is 9.88 Å². The minimum absolute atomic E-state index is 0.102. The summed E-state index contributed by atoms with van der Waals surface area (Å²) in [5.41, 5.74) is 3.05. The Labute approximate surface area is 95.1 Å². The van der Waals surface area contributed by atoms with Crippen LogP contribution in [0.2, 0.25) is 0 Å². The molecule has 1 aromatic carbocycles. The first kappa shape index (κ1) is 10.9. The van der Waals surface area contributed by atoms with Crippen LogP contribution in [0.4, 0.5) is 0 Å². The topological polar surface area (TPSA) is 36.1 Å². The van der Waals surface area contributed by atoms with Crippen LogP contribution in [0, 0.1) is 0 Å². The summed E-state index contributed by atoms with van der Waals surface area (Å²) >= 11 is 0. The number of nitrogens with zero attached hydrogens (tertiary/aromatic N) is 1. The zero-order chi connectivity index (χ0) is 11.7. The third-order valence-corrected chi connectivity index (χ3v) is 2.66. The van der Waals surface area contributed by atoms with Crippen molar-refractivity contribution in [1.82, 2.24) is 9.88 Å². The van der Waals surface area contributed by atoms with Crippen molar-refractivity contribution in [3.63, 3.8) is 0 Å². The molecule has 0 unspecified atom stereocenters. The first-order valence-corrected chi connectivity index (χ1v) is 5.33. The Hall–Kier alpha value is -1.61. The molecule has 1 aromatic heterocycles. The first-order chi connectivity index (χ1) is 7.58. The molecule has 2 rings (SSSR count). The molecule has 0 aliphatic carbocycles. The second kappa shape index (κ2) is 4.10. The van der Waals surface area contributed by atoms with Crippen molar-refractivity contribution in [2.75, 3.05) is 14.1 Å². The van der Waals surface area contributed by atoms with Crippen molar-refractivity contribution in [2.24, 2.45) is 0 Å². The van der Waals surface area contributed by atoms with Gasteiger partial charge in [0.2, 0.25) is 0 Å². The fourth-order valence-corrected chi connectivity index (χ4v) is 1.88. The number of rotatable bonds is 3. The van der Waals surface area contributed by atoms with Gasteiger partial charge in [0.25, 0.3) is 0 Å². The van der Waals surface area contributed by atoms with Gasteiger partial charge in [-0.15, -0.1) is 0 Å². The highest BCUT2D eigenvalue weighted by atomic mass is 16.1. The molecule has 0 radical (unpaired) electrons. The van der Waals surface area contributed by atoms with E-state index >= 15 is 0 Å². The summed E-state index contributed by atoms with van der Waals surface area (Å²) in [7, 11) is 4.09. The van der Waals surface area contributed by atoms with E-state index < -0.39 is 0 Å². The maximum absolute atomic E-state index is 11.3. The van der Waals surface area contributed by atoms with Gasteiger partial charge in [-0.05, 0) is 32.6 Å². The Morgan fingerprint density at radius 3 is 2.75 bits per heavy atom. The van der Waals surface area contributed by atoms with Gasteiger partial charge >= 0.3 is 0 Å². The summed E-state index contributed by atoms with van der Waals surface area (Å²) in [6, 6.07) is 5.82. The fourth-order valence-electron chi connectivity index (χ4n) is 1.88. The maximum Gasteiger partial charge on any atom is 0.159 e. The number of fused-ring (bicyclic) bond motifs is 1. The number of benzene rings is 1. The molecule has 2 aromatic rings. The van der Waals surface area contributed by atoms with Gasteiger partial charge < -0.3 is 9.88 Å². The van der Waals surface area contributed by atoms with Crippen molar-refractivity contribution >= 4 is 16.7 Å². The summed E-state index contributed by atoms with van der Waals surface area (Å²) in [5, 5.41) is 1.19. The Balaban J connectivity index is 2.46. The van der Waals surface area contributed by atoms with E-state index in [1.165, 1.54) is 10.9 Å². The zero-order valence-corrected chi connectivity index (χ0v) is 9.87. The van der Waals surface area contributed by atoms with Gasteiger partial charge in [-0.25, -0.2) is 0 Å². The Kier molecular flexibility index (Phi) is 2.79. The van der Waals surface area contributed by atoms with Crippen molar-refractivity contribution in [3.05, 3.63) is 35.5 Å². The van der Waals surface area contributed by atoms with E-state index in [-0.39, 0.29) is 5.78 Å². The van der Waals surface area contributed by atoms with Crippen molar-refractivity contribution in [1.29, 1.82) is 0 Å². The lowest BCUT2D eigenvalue weighted by atomic mass is 10.1. The van der Waals surface area contributed by atoms with Crippen LogP contribution in [0.1, 0.15) is 22.8 Å². The van der Waals surface area contributed by atoms with Crippen molar-refractivity contribution < 1.29 is 4.79 Å². The number of aromatic nitrogens is 1. The molecule has 0 saturated heterocycles. The van der Waals surface area contributed by atoms with Crippen LogP contribution >= 0.6 is 0 Å². The molecule has 0 aliphatic heterocycles. The van der Waals surface area contributed by atoms with Gasteiger partial charge in [0.05, 0.1) is 0 Å². The van der Waals surface area contributed by atoms with Crippen LogP contribution < -0.4 is 0 Å². The van der Waals surface area contributed by atoms with E-state index in [9.17, 15) is 4.79 Å². The molecule has 3 heteroatoms. The molecule has 0 amide bonds. The Morgan fingerprint density at radius 1 is 1.38 bits per heavy atom. The molecule has 0 atom stereocenters. The number of carbonyl (C=O) groups excluding carboxylic acids is 1. The second-order valence-corrected chi connectivity index (χ2v) is 4.37. The maximum atomic E-state index is 11.3. The lowest BCUT2D eigenvalue weighted by Gasteiger charge is -2.07. The number of aromatic amines is 1. The van der Waals surface area contributed by atoms with Crippen LogP contribution in [-0.2, 0) is 6.54 Å². The molecule has 0 spiro atoms. The molecule has 3 nitrogen and oxygen atoms in total. The molecule has 1 N–H and O–H groups in total. The quantitative estimate of drug-likeness (QED) is 0.800. The highest BCUT2D eigenvalue weighted by Crippen LogP contribution is 2.20. The van der Waals surface area contributed by atoms with E-state index in [4.69, 9.17) is 0 Å². The minimum Gasteiger partial charge on any atom is -0.361 e. The smallest absolute Gasteiger partial charge is 0.159 e. The number of ketones is 1. The van der Waals surface area contributed by atoms with Gasteiger partial charge in [-0.3, -0.25) is 4.79 Å². The molecular weight excluding hydrogens is 200 g/mol. The second-order valence-electron chi connectivity index (χ2n) is 4.37. The summed E-state index contributed by atoms with van der Waals surface area (Å²) in [5.74, 6) is 0.102. The van der Waals surface area contributed by atoms with Crippen LogP contribution in [0.3, 0.4) is 0 Å². The minimum atomic E-state index is 0.102. The van der Waals surface area contributed by atoms with Crippen LogP contribution in [-0.4, -0.2) is 29.8 Å². The summed E-state index contributed by atoms with van der Waals surface area (Å²) in [6.07, 6.45) is 2.01. The third kappa shape index (κ3) is 1.99. The highest BCUT2D eigenvalue weighted by Gasteiger charge is 2.06. The summed E-state index contributed by atoms with van der Waals surface area (Å²) < 4.78 is 0. The number of Topliss-reactive ketones (excluding diaryl/α,β-unsaturated/α-hetero) is 1. The summed E-state index contributed by atoms with van der Waals surface area (Å²) in [6.45, 7) is 2.49. The van der Waals surface area contributed by atoms with E-state index in [0.29, 0.717) is 0 Å². The van der Waals surface area contributed by atoms with Crippen LogP contribution in [0.25, 0.3) is 10.9 Å². The Bertz CT molecular complexity index is 526. The molecule has 0 saturated carbocycles. The fraction of sp³-hybridized carbons (Fsp3) is 0.308. The largest absolute Gasteiger partial charge is 0.361 e. The van der Waals surface area contributed by atoms with Gasteiger partial charge in [0, 0.05) is 29.2 Å². The van der Waals surface area contributed by atoms with E-state index in [1.54, 1.807) is 6.92 Å². The van der Waals surface area contributed by atoms with E-state index in [0.717, 1.165) is 17.6 Å². The van der Waals surface area contributed by atoms with E-state index in [1.807, 2.05) is 38.5 Å². The lowest BCUT2D eigenvalue weighted by molar-refractivity contribution is 0.101. The molecular formula is C13H16N2O. The monoisotopic (exact) mass is 216 g/mol. The number of hydrogen-bond donors (Lipinski definition) is 1. The van der Waals surface area contributed by atoms with Crippen molar-refractivity contribution in [2.45, 2.75) is 13.5 Å². The van der Waals surface area contributed by atoms with Gasteiger partial charge in [-0.1, -0.05) is 12.1 Å².